The number of likely N-dealkylation sites (tertiary alicyclic amines) is 1. The van der Waals surface area contributed by atoms with E-state index in [0.717, 1.165) is 30.4 Å². The fourth-order valence-corrected chi connectivity index (χ4v) is 3.51. The normalized spacial score (nSPS) is 24.3. The van der Waals surface area contributed by atoms with Crippen molar-refractivity contribution in [3.05, 3.63) is 29.8 Å². The van der Waals surface area contributed by atoms with Crippen LogP contribution in [0.5, 0.6) is 0 Å². The standard InChI is InChI=1S/C21H32BNO4/c1-19(2,3)25-18(24)23-14-8-9-17(23)15-10-12-16(13-11-15)22-26-20(4,5)21(6,7)27-22/h10-13,17H,8-9,14H2,1-7H3/t17-/m0/s1. The van der Waals surface area contributed by atoms with Gasteiger partial charge in [0, 0.05) is 6.54 Å². The molecule has 0 N–H and O–H groups in total. The lowest BCUT2D eigenvalue weighted by atomic mass is 9.78. The molecule has 2 fully saturated rings. The monoisotopic (exact) mass is 373 g/mol. The van der Waals surface area contributed by atoms with Gasteiger partial charge >= 0.3 is 13.2 Å². The van der Waals surface area contributed by atoms with Gasteiger partial charge in [-0.25, -0.2) is 4.79 Å². The maximum atomic E-state index is 12.5. The van der Waals surface area contributed by atoms with E-state index < -0.39 is 5.60 Å². The Kier molecular flexibility index (Phi) is 5.11. The van der Waals surface area contributed by atoms with Crippen molar-refractivity contribution >= 4 is 18.7 Å². The third-order valence-electron chi connectivity index (χ3n) is 5.73. The van der Waals surface area contributed by atoms with Crippen molar-refractivity contribution in [3.63, 3.8) is 0 Å². The van der Waals surface area contributed by atoms with Gasteiger partial charge in [-0.3, -0.25) is 0 Å². The van der Waals surface area contributed by atoms with E-state index in [4.69, 9.17) is 14.0 Å². The molecule has 1 amide bonds. The Bertz CT molecular complexity index is 677. The van der Waals surface area contributed by atoms with Gasteiger partial charge in [0.25, 0.3) is 0 Å². The van der Waals surface area contributed by atoms with Gasteiger partial charge in [0.2, 0.25) is 0 Å². The highest BCUT2D eigenvalue weighted by molar-refractivity contribution is 6.62. The van der Waals surface area contributed by atoms with E-state index in [1.165, 1.54) is 0 Å². The van der Waals surface area contributed by atoms with Gasteiger partial charge in [0.1, 0.15) is 5.60 Å². The van der Waals surface area contributed by atoms with Gasteiger partial charge in [-0.05, 0) is 72.3 Å². The summed E-state index contributed by atoms with van der Waals surface area (Å²) in [6.07, 6.45) is 1.71. The third kappa shape index (κ3) is 4.17. The highest BCUT2D eigenvalue weighted by Gasteiger charge is 2.51. The topological polar surface area (TPSA) is 48.0 Å². The van der Waals surface area contributed by atoms with E-state index in [0.29, 0.717) is 0 Å². The van der Waals surface area contributed by atoms with Crippen LogP contribution in [0.1, 0.15) is 72.9 Å². The molecular formula is C21H32BNO4. The molecule has 2 aliphatic heterocycles. The van der Waals surface area contributed by atoms with Gasteiger partial charge < -0.3 is 18.9 Å². The molecule has 0 spiro atoms. The first-order chi connectivity index (χ1) is 12.4. The fourth-order valence-electron chi connectivity index (χ4n) is 3.51. The molecular weight excluding hydrogens is 341 g/mol. The van der Waals surface area contributed by atoms with E-state index >= 15 is 0 Å². The molecule has 2 saturated heterocycles. The van der Waals surface area contributed by atoms with Crippen LogP contribution >= 0.6 is 0 Å². The van der Waals surface area contributed by atoms with Crippen LogP contribution in [0.4, 0.5) is 4.79 Å². The molecule has 1 aromatic rings. The summed E-state index contributed by atoms with van der Waals surface area (Å²) in [5.41, 5.74) is 0.938. The van der Waals surface area contributed by atoms with E-state index in [2.05, 4.69) is 39.8 Å². The molecule has 1 aromatic carbocycles. The van der Waals surface area contributed by atoms with Gasteiger partial charge in [-0.2, -0.15) is 0 Å². The number of hydrogen-bond donors (Lipinski definition) is 0. The zero-order valence-electron chi connectivity index (χ0n) is 17.7. The van der Waals surface area contributed by atoms with E-state index in [9.17, 15) is 4.79 Å². The molecule has 27 heavy (non-hydrogen) atoms. The van der Waals surface area contributed by atoms with Crippen molar-refractivity contribution in [2.24, 2.45) is 0 Å². The molecule has 0 bridgehead atoms. The average molecular weight is 373 g/mol. The number of ether oxygens (including phenoxy) is 1. The molecule has 2 heterocycles. The fraction of sp³-hybridized carbons (Fsp3) is 0.667. The lowest BCUT2D eigenvalue weighted by Gasteiger charge is -2.32. The number of nitrogens with zero attached hydrogens (tertiary/aromatic N) is 1. The number of carbonyl (C=O) groups is 1. The van der Waals surface area contributed by atoms with Crippen LogP contribution < -0.4 is 5.46 Å². The smallest absolute Gasteiger partial charge is 0.444 e. The number of benzene rings is 1. The zero-order valence-corrected chi connectivity index (χ0v) is 17.7. The highest BCUT2D eigenvalue weighted by Crippen LogP contribution is 2.37. The van der Waals surface area contributed by atoms with Crippen molar-refractivity contribution in [1.29, 1.82) is 0 Å². The summed E-state index contributed by atoms with van der Waals surface area (Å²) in [5, 5.41) is 0. The molecule has 0 aromatic heterocycles. The van der Waals surface area contributed by atoms with E-state index in [-0.39, 0.29) is 30.5 Å². The molecule has 0 saturated carbocycles. The zero-order chi connectivity index (χ0) is 20.0. The summed E-state index contributed by atoms with van der Waals surface area (Å²) in [7, 11) is -0.366. The second-order valence-corrected chi connectivity index (χ2v) is 9.59. The summed E-state index contributed by atoms with van der Waals surface area (Å²) in [6.45, 7) is 14.6. The highest BCUT2D eigenvalue weighted by atomic mass is 16.7. The van der Waals surface area contributed by atoms with Crippen LogP contribution in [-0.2, 0) is 14.0 Å². The minimum atomic E-state index is -0.481. The first-order valence-corrected chi connectivity index (χ1v) is 9.85. The number of hydrogen-bond acceptors (Lipinski definition) is 4. The minimum absolute atomic E-state index is 0.0622. The van der Waals surface area contributed by atoms with Crippen molar-refractivity contribution in [2.75, 3.05) is 6.54 Å². The Hall–Kier alpha value is -1.53. The quantitative estimate of drug-likeness (QED) is 0.734. The molecule has 2 aliphatic rings. The lowest BCUT2D eigenvalue weighted by Crippen LogP contribution is -2.41. The number of amides is 1. The average Bonchev–Trinajstić information content (AvgIpc) is 3.09. The Morgan fingerprint density at radius 2 is 1.67 bits per heavy atom. The predicted octanol–water partition coefficient (Wildman–Crippen LogP) is 4.06. The summed E-state index contributed by atoms with van der Waals surface area (Å²) in [4.78, 5) is 14.4. The molecule has 1 atom stereocenters. The molecule has 5 nitrogen and oxygen atoms in total. The minimum Gasteiger partial charge on any atom is -0.444 e. The molecule has 6 heteroatoms. The Morgan fingerprint density at radius 1 is 1.11 bits per heavy atom. The van der Waals surface area contributed by atoms with Crippen LogP contribution in [0.25, 0.3) is 0 Å². The summed E-state index contributed by atoms with van der Waals surface area (Å²) < 4.78 is 17.8. The third-order valence-corrected chi connectivity index (χ3v) is 5.73. The summed E-state index contributed by atoms with van der Waals surface area (Å²) >= 11 is 0. The van der Waals surface area contributed by atoms with Crippen molar-refractivity contribution < 1.29 is 18.8 Å². The van der Waals surface area contributed by atoms with Crippen LogP contribution in [-0.4, -0.2) is 41.5 Å². The Balaban J connectivity index is 1.73. The first kappa shape index (κ1) is 20.2. The molecule has 148 valence electrons. The van der Waals surface area contributed by atoms with E-state index in [1.54, 1.807) is 0 Å². The van der Waals surface area contributed by atoms with Crippen LogP contribution in [0.15, 0.2) is 24.3 Å². The van der Waals surface area contributed by atoms with Gasteiger partial charge in [-0.1, -0.05) is 24.3 Å². The Labute approximate surface area is 163 Å². The molecule has 0 radical (unpaired) electrons. The Morgan fingerprint density at radius 3 is 2.19 bits per heavy atom. The van der Waals surface area contributed by atoms with Gasteiger partial charge in [-0.15, -0.1) is 0 Å². The lowest BCUT2D eigenvalue weighted by molar-refractivity contribution is 0.00578. The molecule has 3 rings (SSSR count). The largest absolute Gasteiger partial charge is 0.494 e. The SMILES string of the molecule is CC(C)(C)OC(=O)N1CCC[C@H]1c1ccc(B2OC(C)(C)C(C)(C)O2)cc1. The second kappa shape index (κ2) is 6.82. The maximum absolute atomic E-state index is 12.5. The van der Waals surface area contributed by atoms with Crippen molar-refractivity contribution in [2.45, 2.75) is 84.2 Å². The summed E-state index contributed by atoms with van der Waals surface area (Å²) in [5.74, 6) is 0. The first-order valence-electron chi connectivity index (χ1n) is 9.85. The summed E-state index contributed by atoms with van der Waals surface area (Å²) in [6, 6.07) is 8.31. The van der Waals surface area contributed by atoms with Crippen LogP contribution in [0, 0.1) is 0 Å². The number of carbonyl (C=O) groups excluding carboxylic acids is 1. The van der Waals surface area contributed by atoms with Crippen molar-refractivity contribution in [1.82, 2.24) is 4.90 Å². The predicted molar refractivity (Wildman–Crippen MR) is 107 cm³/mol. The van der Waals surface area contributed by atoms with Crippen LogP contribution in [0.2, 0.25) is 0 Å². The van der Waals surface area contributed by atoms with E-state index in [1.807, 2.05) is 37.8 Å². The van der Waals surface area contributed by atoms with Gasteiger partial charge in [0.05, 0.1) is 17.2 Å². The van der Waals surface area contributed by atoms with Crippen molar-refractivity contribution in [3.8, 4) is 0 Å². The molecule has 0 unspecified atom stereocenters. The maximum Gasteiger partial charge on any atom is 0.494 e. The molecule has 0 aliphatic carbocycles. The number of rotatable bonds is 2. The second-order valence-electron chi connectivity index (χ2n) is 9.59. The van der Waals surface area contributed by atoms with Gasteiger partial charge in [0.15, 0.2) is 0 Å². The van der Waals surface area contributed by atoms with Crippen LogP contribution in [0.3, 0.4) is 0 Å².